The molecule has 1 aliphatic rings. The van der Waals surface area contributed by atoms with Gasteiger partial charge in [-0.15, -0.1) is 0 Å². The molecule has 1 aromatic heterocycles. The van der Waals surface area contributed by atoms with Crippen molar-refractivity contribution in [2.75, 3.05) is 6.54 Å². The summed E-state index contributed by atoms with van der Waals surface area (Å²) >= 11 is 5.70. The van der Waals surface area contributed by atoms with Gasteiger partial charge in [-0.2, -0.15) is 0 Å². The van der Waals surface area contributed by atoms with E-state index in [0.717, 1.165) is 19.3 Å². The van der Waals surface area contributed by atoms with Crippen LogP contribution in [0.5, 0.6) is 0 Å². The van der Waals surface area contributed by atoms with Crippen LogP contribution in [0.4, 0.5) is 0 Å². The Hall–Kier alpha value is -1.00. The van der Waals surface area contributed by atoms with Crippen LogP contribution in [0.2, 0.25) is 5.02 Å². The Labute approximate surface area is 93.2 Å². The van der Waals surface area contributed by atoms with Crippen molar-refractivity contribution in [3.63, 3.8) is 0 Å². The first-order valence-corrected chi connectivity index (χ1v) is 5.38. The maximum absolute atomic E-state index is 11.6. The Morgan fingerprint density at radius 2 is 2.40 bits per heavy atom. The van der Waals surface area contributed by atoms with E-state index in [9.17, 15) is 4.79 Å². The van der Waals surface area contributed by atoms with E-state index in [1.165, 1.54) is 0 Å². The van der Waals surface area contributed by atoms with E-state index in [4.69, 9.17) is 17.3 Å². The lowest BCUT2D eigenvalue weighted by molar-refractivity contribution is 0.0925. The van der Waals surface area contributed by atoms with Gasteiger partial charge in [0, 0.05) is 18.3 Å². The lowest BCUT2D eigenvalue weighted by atomic mass is 9.78. The average Bonchev–Trinajstić information content (AvgIpc) is 2.58. The molecular formula is C10H14ClN3O. The largest absolute Gasteiger partial charge is 0.356 e. The number of nitrogens with two attached hydrogens (primary N) is 1. The Morgan fingerprint density at radius 3 is 2.87 bits per heavy atom. The minimum Gasteiger partial charge on any atom is -0.356 e. The number of halogens is 1. The zero-order valence-electron chi connectivity index (χ0n) is 8.35. The highest BCUT2D eigenvalue weighted by Crippen LogP contribution is 2.28. The average molecular weight is 228 g/mol. The molecule has 15 heavy (non-hydrogen) atoms. The summed E-state index contributed by atoms with van der Waals surface area (Å²) in [5, 5.41) is 3.33. The van der Waals surface area contributed by atoms with Crippen LogP contribution < -0.4 is 11.1 Å². The van der Waals surface area contributed by atoms with Crippen molar-refractivity contribution in [3.05, 3.63) is 23.0 Å². The Bertz CT molecular complexity index is 370. The van der Waals surface area contributed by atoms with Crippen molar-refractivity contribution in [2.24, 2.45) is 5.73 Å². The van der Waals surface area contributed by atoms with Crippen molar-refractivity contribution in [1.82, 2.24) is 10.3 Å². The third kappa shape index (κ3) is 2.33. The number of aromatic nitrogens is 1. The number of carbonyl (C=O) groups excluding carboxylic acids is 1. The number of hydrogen-bond acceptors (Lipinski definition) is 2. The first-order valence-electron chi connectivity index (χ1n) is 5.00. The Balaban J connectivity index is 1.87. The van der Waals surface area contributed by atoms with E-state index >= 15 is 0 Å². The van der Waals surface area contributed by atoms with Crippen molar-refractivity contribution in [3.8, 4) is 0 Å². The topological polar surface area (TPSA) is 70.9 Å². The van der Waals surface area contributed by atoms with Crippen LogP contribution in [0.25, 0.3) is 0 Å². The van der Waals surface area contributed by atoms with Crippen LogP contribution in [0.3, 0.4) is 0 Å². The molecule has 4 nitrogen and oxygen atoms in total. The summed E-state index contributed by atoms with van der Waals surface area (Å²) in [5.41, 5.74) is 6.27. The summed E-state index contributed by atoms with van der Waals surface area (Å²) in [6.45, 7) is 0.530. The SMILES string of the molecule is NC1(CNC(=O)c2cc(Cl)c[nH]2)CCC1. The van der Waals surface area contributed by atoms with Gasteiger partial charge in [-0.1, -0.05) is 11.6 Å². The Morgan fingerprint density at radius 1 is 1.67 bits per heavy atom. The van der Waals surface area contributed by atoms with Gasteiger partial charge in [0.2, 0.25) is 0 Å². The lowest BCUT2D eigenvalue weighted by Crippen LogP contribution is -2.54. The van der Waals surface area contributed by atoms with Crippen LogP contribution in [0.1, 0.15) is 29.8 Å². The van der Waals surface area contributed by atoms with E-state index in [2.05, 4.69) is 10.3 Å². The van der Waals surface area contributed by atoms with Gasteiger partial charge in [0.1, 0.15) is 5.69 Å². The predicted octanol–water partition coefficient (Wildman–Crippen LogP) is 1.28. The maximum Gasteiger partial charge on any atom is 0.267 e. The summed E-state index contributed by atoms with van der Waals surface area (Å²) < 4.78 is 0. The van der Waals surface area contributed by atoms with Gasteiger partial charge in [-0.3, -0.25) is 4.79 Å². The number of amides is 1. The normalized spacial score (nSPS) is 18.3. The van der Waals surface area contributed by atoms with Crippen LogP contribution in [-0.2, 0) is 0 Å². The number of rotatable bonds is 3. The van der Waals surface area contributed by atoms with Crippen LogP contribution in [0.15, 0.2) is 12.3 Å². The summed E-state index contributed by atoms with van der Waals surface area (Å²) in [7, 11) is 0. The van der Waals surface area contributed by atoms with Gasteiger partial charge in [-0.25, -0.2) is 0 Å². The van der Waals surface area contributed by atoms with Gasteiger partial charge < -0.3 is 16.0 Å². The van der Waals surface area contributed by atoms with E-state index in [-0.39, 0.29) is 11.4 Å². The molecule has 0 atom stereocenters. The molecule has 2 rings (SSSR count). The molecule has 1 aromatic rings. The summed E-state index contributed by atoms with van der Waals surface area (Å²) in [4.78, 5) is 14.4. The van der Waals surface area contributed by atoms with E-state index in [1.54, 1.807) is 12.3 Å². The zero-order chi connectivity index (χ0) is 10.9. The third-order valence-corrected chi connectivity index (χ3v) is 3.06. The first kappa shape index (κ1) is 10.5. The van der Waals surface area contributed by atoms with E-state index in [1.807, 2.05) is 0 Å². The minimum absolute atomic E-state index is 0.154. The van der Waals surface area contributed by atoms with Gasteiger partial charge >= 0.3 is 0 Å². The molecule has 1 fully saturated rings. The van der Waals surface area contributed by atoms with Gasteiger partial charge in [-0.05, 0) is 25.3 Å². The molecule has 5 heteroatoms. The van der Waals surface area contributed by atoms with Gasteiger partial charge in [0.25, 0.3) is 5.91 Å². The van der Waals surface area contributed by atoms with Crippen LogP contribution >= 0.6 is 11.6 Å². The second-order valence-electron chi connectivity index (χ2n) is 4.13. The second-order valence-corrected chi connectivity index (χ2v) is 4.57. The summed E-state index contributed by atoms with van der Waals surface area (Å²) in [6.07, 6.45) is 4.70. The van der Waals surface area contributed by atoms with Gasteiger partial charge in [0.05, 0.1) is 5.02 Å². The predicted molar refractivity (Wildman–Crippen MR) is 58.9 cm³/mol. The molecular weight excluding hydrogens is 214 g/mol. The highest BCUT2D eigenvalue weighted by molar-refractivity contribution is 6.30. The standard InChI is InChI=1S/C10H14ClN3O/c11-7-4-8(13-5-7)9(15)14-6-10(12)2-1-3-10/h4-5,13H,1-3,6,12H2,(H,14,15). The molecule has 0 saturated heterocycles. The quantitative estimate of drug-likeness (QED) is 0.728. The van der Waals surface area contributed by atoms with E-state index < -0.39 is 0 Å². The number of aromatic amines is 1. The fourth-order valence-electron chi connectivity index (χ4n) is 1.66. The number of hydrogen-bond donors (Lipinski definition) is 3. The first-order chi connectivity index (χ1) is 7.09. The lowest BCUT2D eigenvalue weighted by Gasteiger charge is -2.38. The molecule has 0 aliphatic heterocycles. The minimum atomic E-state index is -0.188. The highest BCUT2D eigenvalue weighted by Gasteiger charge is 2.32. The van der Waals surface area contributed by atoms with Crippen molar-refractivity contribution < 1.29 is 4.79 Å². The zero-order valence-corrected chi connectivity index (χ0v) is 9.10. The smallest absolute Gasteiger partial charge is 0.267 e. The summed E-state index contributed by atoms with van der Waals surface area (Å²) in [5.74, 6) is -0.154. The molecule has 1 aliphatic carbocycles. The maximum atomic E-state index is 11.6. The van der Waals surface area contributed by atoms with Gasteiger partial charge in [0.15, 0.2) is 0 Å². The molecule has 4 N–H and O–H groups in total. The Kier molecular flexibility index (Phi) is 2.71. The molecule has 0 unspecified atom stereocenters. The molecule has 0 aromatic carbocycles. The fraction of sp³-hybridized carbons (Fsp3) is 0.500. The molecule has 1 amide bonds. The third-order valence-electron chi connectivity index (χ3n) is 2.84. The molecule has 0 bridgehead atoms. The molecule has 0 spiro atoms. The number of carbonyl (C=O) groups is 1. The monoisotopic (exact) mass is 227 g/mol. The number of nitrogens with one attached hydrogen (secondary N) is 2. The van der Waals surface area contributed by atoms with Crippen molar-refractivity contribution in [2.45, 2.75) is 24.8 Å². The molecule has 1 saturated carbocycles. The van der Waals surface area contributed by atoms with Crippen LogP contribution in [0, 0.1) is 0 Å². The van der Waals surface area contributed by atoms with E-state index in [0.29, 0.717) is 17.3 Å². The second kappa shape index (κ2) is 3.87. The highest BCUT2D eigenvalue weighted by atomic mass is 35.5. The van der Waals surface area contributed by atoms with Crippen molar-refractivity contribution >= 4 is 17.5 Å². The molecule has 82 valence electrons. The summed E-state index contributed by atoms with van der Waals surface area (Å²) in [6, 6.07) is 1.60. The van der Waals surface area contributed by atoms with Crippen molar-refractivity contribution in [1.29, 1.82) is 0 Å². The number of H-pyrrole nitrogens is 1. The fourth-order valence-corrected chi connectivity index (χ4v) is 1.82. The van der Waals surface area contributed by atoms with Crippen LogP contribution in [-0.4, -0.2) is 23.0 Å². The molecule has 0 radical (unpaired) electrons. The molecule has 1 heterocycles.